The molecule has 12 amide bonds. The summed E-state index contributed by atoms with van der Waals surface area (Å²) in [5.74, 6) is -12.9. The van der Waals surface area contributed by atoms with E-state index >= 15 is 0 Å². The van der Waals surface area contributed by atoms with E-state index in [4.69, 9.17) is 11.5 Å². The van der Waals surface area contributed by atoms with Gasteiger partial charge in [0.1, 0.15) is 66.5 Å². The maximum atomic E-state index is 14.5. The van der Waals surface area contributed by atoms with Crippen LogP contribution in [0.15, 0.2) is 42.9 Å². The first-order valence-electron chi connectivity index (χ1n) is 29.6. The summed E-state index contributed by atoms with van der Waals surface area (Å²) in [7, 11) is 0. The summed E-state index contributed by atoms with van der Waals surface area (Å²) in [4.78, 5) is 184. The lowest BCUT2D eigenvalue weighted by atomic mass is 10.0. The Kier molecular flexibility index (Phi) is 28.6. The third-order valence-electron chi connectivity index (χ3n) is 15.0. The van der Waals surface area contributed by atoms with Crippen LogP contribution in [-0.2, 0) is 75.2 Å². The molecule has 2 aliphatic heterocycles. The van der Waals surface area contributed by atoms with E-state index in [0.717, 1.165) is 25.7 Å². The molecule has 0 unspecified atom stereocenters. The highest BCUT2D eigenvalue weighted by Gasteiger charge is 2.46. The maximum Gasteiger partial charge on any atom is 0.326 e. The van der Waals surface area contributed by atoms with Gasteiger partial charge in [0, 0.05) is 44.2 Å². The first kappa shape index (κ1) is 73.8. The molecule has 19 N–H and O–H groups in total. The quantitative estimate of drug-likeness (QED) is 0.0310. The molecule has 2 fully saturated rings. The number of carbonyl (C=O) groups is 13. The van der Waals surface area contributed by atoms with Crippen LogP contribution in [0, 0.1) is 5.92 Å². The van der Waals surface area contributed by atoms with Crippen molar-refractivity contribution >= 4 is 76.9 Å². The third kappa shape index (κ3) is 21.8. The van der Waals surface area contributed by atoms with Crippen molar-refractivity contribution in [1.82, 2.24) is 67.6 Å². The molecular weight excluding hydrogens is 1180 g/mol. The van der Waals surface area contributed by atoms with Gasteiger partial charge in [-0.25, -0.2) is 9.78 Å². The summed E-state index contributed by atoms with van der Waals surface area (Å²) in [6.07, 6.45) is -2.50. The van der Waals surface area contributed by atoms with Crippen molar-refractivity contribution in [3.63, 3.8) is 0 Å². The van der Waals surface area contributed by atoms with Crippen molar-refractivity contribution < 1.29 is 87.9 Å². The number of H-pyrrole nitrogens is 1. The number of aliphatic hydroxyl groups excluding tert-OH is 4. The predicted octanol–water partition coefficient (Wildman–Crippen LogP) is -6.56. The lowest BCUT2D eigenvalue weighted by molar-refractivity contribution is -0.149. The number of nitrogens with one attached hydrogen (secondary N) is 10. The van der Waals surface area contributed by atoms with Gasteiger partial charge in [-0.15, -0.1) is 0 Å². The molecule has 0 radical (unpaired) electrons. The van der Waals surface area contributed by atoms with Crippen molar-refractivity contribution in [3.05, 3.63) is 54.1 Å². The largest absolute Gasteiger partial charge is 0.480 e. The summed E-state index contributed by atoms with van der Waals surface area (Å²) in [5.41, 5.74) is 11.9. The van der Waals surface area contributed by atoms with Crippen molar-refractivity contribution in [1.29, 1.82) is 0 Å². The van der Waals surface area contributed by atoms with Gasteiger partial charge in [0.05, 0.1) is 37.3 Å². The molecule has 2 aliphatic rings. The van der Waals surface area contributed by atoms with E-state index in [1.54, 1.807) is 44.2 Å². The summed E-state index contributed by atoms with van der Waals surface area (Å²) in [5, 5.41) is 73.3. The summed E-state index contributed by atoms with van der Waals surface area (Å²) in [6, 6.07) is -9.24. The maximum absolute atomic E-state index is 14.5. The number of aliphatic hydroxyl groups is 4. The average Bonchev–Trinajstić information content (AvgIpc) is 2.04. The molecule has 4 rings (SSSR count). The molecule has 0 spiro atoms. The van der Waals surface area contributed by atoms with E-state index in [-0.39, 0.29) is 57.5 Å². The Bertz CT molecular complexity index is 2840. The number of nitrogens with two attached hydrogens (primary N) is 2. The van der Waals surface area contributed by atoms with E-state index < -0.39 is 187 Å². The van der Waals surface area contributed by atoms with Crippen LogP contribution in [0.5, 0.6) is 0 Å². The van der Waals surface area contributed by atoms with E-state index in [1.165, 1.54) is 31.3 Å². The number of carboxylic acids is 1. The molecule has 2 saturated heterocycles. The first-order valence-corrected chi connectivity index (χ1v) is 29.6. The molecule has 3 heterocycles. The molecule has 0 aliphatic carbocycles. The number of carbonyl (C=O) groups excluding carboxylic acids is 12. The Hall–Kier alpha value is -8.66. The topological polar surface area (TPSA) is 519 Å². The molecule has 1 aromatic carbocycles. The number of nitrogens with zero attached hydrogens (tertiary/aromatic N) is 3. The molecule has 90 heavy (non-hydrogen) atoms. The highest BCUT2D eigenvalue weighted by Crippen LogP contribution is 2.26. The van der Waals surface area contributed by atoms with Crippen LogP contribution in [0.4, 0.5) is 0 Å². The number of aliphatic carboxylic acids is 1. The Morgan fingerprint density at radius 2 is 1.08 bits per heavy atom. The molecular formula is C57H87N15O18. The van der Waals surface area contributed by atoms with E-state index in [9.17, 15) is 87.9 Å². The second kappa shape index (κ2) is 34.9. The molecule has 0 bridgehead atoms. The zero-order chi connectivity index (χ0) is 67.3. The number of hydrogen-bond acceptors (Lipinski definition) is 19. The highest BCUT2D eigenvalue weighted by molar-refractivity contribution is 6.00. The second-order valence-electron chi connectivity index (χ2n) is 23.0. The lowest BCUT2D eigenvalue weighted by Gasteiger charge is -2.34. The van der Waals surface area contributed by atoms with Crippen LogP contribution in [-0.4, -0.2) is 233 Å². The molecule has 15 atom stereocenters. The van der Waals surface area contributed by atoms with Crippen LogP contribution in [0.3, 0.4) is 0 Å². The number of imidazole rings is 1. The van der Waals surface area contributed by atoms with Crippen LogP contribution in [0.1, 0.15) is 105 Å². The van der Waals surface area contributed by atoms with Gasteiger partial charge in [-0.3, -0.25) is 57.5 Å². The van der Waals surface area contributed by atoms with Gasteiger partial charge >= 0.3 is 5.97 Å². The number of amides is 12. The normalized spacial score (nSPS) is 19.0. The number of aromatic amines is 1. The Morgan fingerprint density at radius 1 is 0.589 bits per heavy atom. The minimum atomic E-state index is -1.92. The number of aromatic nitrogens is 2. The average molecular weight is 1270 g/mol. The van der Waals surface area contributed by atoms with Gasteiger partial charge in [0.2, 0.25) is 70.9 Å². The SMILES string of the molecule is CC(C)C[C@H](NC(=O)[C@H](Cc1cnc[nH]1)NC(=O)[C@H](Cc1ccccc1)NC(=O)[C@H](C)NC(=O)[C@@H]1CCCN1C(=O)[C@@H]1CCCN1C(=O)[C@@H](NC(=O)[C@H](CO)NC(=O)[C@H](CCC(N)=O)NC(=O)[C@@H](NC(=O)[C@@H](NC(=O)[C@H](C)N)[C@@H](C)O)[C@@H](C)O)[C@@H](C)O)C(=O)O. The summed E-state index contributed by atoms with van der Waals surface area (Å²) in [6.45, 7) is 8.44. The predicted molar refractivity (Wildman–Crippen MR) is 316 cm³/mol. The fraction of sp³-hybridized carbons (Fsp3) is 0.614. The van der Waals surface area contributed by atoms with Crippen LogP contribution < -0.4 is 59.3 Å². The van der Waals surface area contributed by atoms with Crippen molar-refractivity contribution in [2.75, 3.05) is 19.7 Å². The molecule has 2 aromatic rings. The van der Waals surface area contributed by atoms with E-state index in [0.29, 0.717) is 17.7 Å². The number of benzene rings is 1. The standard InChI is InChI=1S/C57H87N15O18/c1-27(2)21-38(57(89)90)66-50(82)37(23-34-24-60-26-61-34)65-49(81)36(22-33-13-9-8-10-14-33)64-47(79)29(4)62-52(84)40-15-11-19-71(40)55(87)41-16-12-20-72(41)56(88)45(32(7)76)70-51(83)39(25-73)67-48(80)35(17-18-42(59)77)63-53(85)43(30(5)74)69-54(86)44(31(6)75)68-46(78)28(3)58/h8-10,13-14,24,26-32,35-41,43-45,73-76H,11-12,15-23,25,58H2,1-7H3,(H2,59,77)(H,60,61)(H,62,84)(H,63,85)(H,64,79)(H,65,81)(H,66,82)(H,67,80)(H,68,78)(H,69,86)(H,70,83)(H,89,90)/t28-,29-,30+,31+,32+,35-,36-,37-,38-,39-,40-,41-,43-,44-,45-/m0/s1. The zero-order valence-electron chi connectivity index (χ0n) is 51.3. The molecule has 0 saturated carbocycles. The monoisotopic (exact) mass is 1270 g/mol. The fourth-order valence-corrected chi connectivity index (χ4v) is 10.0. The number of primary amides is 1. The zero-order valence-corrected chi connectivity index (χ0v) is 51.3. The fourth-order valence-electron chi connectivity index (χ4n) is 10.0. The number of hydrogen-bond donors (Lipinski definition) is 17. The molecule has 498 valence electrons. The first-order chi connectivity index (χ1) is 42.3. The molecule has 1 aromatic heterocycles. The highest BCUT2D eigenvalue weighted by atomic mass is 16.4. The molecule has 33 nitrogen and oxygen atoms in total. The van der Waals surface area contributed by atoms with Gasteiger partial charge in [-0.1, -0.05) is 44.2 Å². The minimum Gasteiger partial charge on any atom is -0.480 e. The Balaban J connectivity index is 1.46. The second-order valence-corrected chi connectivity index (χ2v) is 23.0. The van der Waals surface area contributed by atoms with Gasteiger partial charge < -0.3 is 99.6 Å². The summed E-state index contributed by atoms with van der Waals surface area (Å²) >= 11 is 0. The number of rotatable bonds is 34. The lowest BCUT2D eigenvalue weighted by Crippen LogP contribution is -2.63. The van der Waals surface area contributed by atoms with Crippen LogP contribution in [0.25, 0.3) is 0 Å². The van der Waals surface area contributed by atoms with Gasteiger partial charge in [-0.2, -0.15) is 0 Å². The molecule has 33 heteroatoms. The smallest absolute Gasteiger partial charge is 0.326 e. The Labute approximate surface area is 519 Å². The third-order valence-corrected chi connectivity index (χ3v) is 15.0. The van der Waals surface area contributed by atoms with Crippen molar-refractivity contribution in [3.8, 4) is 0 Å². The van der Waals surface area contributed by atoms with E-state index in [2.05, 4.69) is 57.8 Å². The summed E-state index contributed by atoms with van der Waals surface area (Å²) < 4.78 is 0. The van der Waals surface area contributed by atoms with E-state index in [1.807, 2.05) is 0 Å². The minimum absolute atomic E-state index is 0.0503. The number of likely N-dealkylation sites (tertiary alicyclic amines) is 2. The van der Waals surface area contributed by atoms with Crippen LogP contribution >= 0.6 is 0 Å². The van der Waals surface area contributed by atoms with Crippen molar-refractivity contribution in [2.24, 2.45) is 17.4 Å². The number of carboxylic acid groups (broad SMARTS) is 1. The van der Waals surface area contributed by atoms with Crippen molar-refractivity contribution in [2.45, 2.75) is 197 Å². The van der Waals surface area contributed by atoms with Crippen LogP contribution in [0.2, 0.25) is 0 Å². The van der Waals surface area contributed by atoms with Gasteiger partial charge in [-0.05, 0) is 84.6 Å². The van der Waals surface area contributed by atoms with Gasteiger partial charge in [0.15, 0.2) is 0 Å². The Morgan fingerprint density at radius 3 is 1.61 bits per heavy atom. The van der Waals surface area contributed by atoms with Gasteiger partial charge in [0.25, 0.3) is 0 Å².